The number of hydrogen-bond donors (Lipinski definition) is 1. The second kappa shape index (κ2) is 4.59. The third-order valence-corrected chi connectivity index (χ3v) is 3.53. The lowest BCUT2D eigenvalue weighted by atomic mass is 10.1. The number of imidazole rings is 1. The maximum absolute atomic E-state index is 13.2. The zero-order valence-corrected chi connectivity index (χ0v) is 11.2. The van der Waals surface area contributed by atoms with E-state index in [0.29, 0.717) is 16.8 Å². The number of benzene rings is 1. The molecule has 0 saturated carbocycles. The average Bonchev–Trinajstić information content (AvgIpc) is 2.68. The van der Waals surface area contributed by atoms with Gasteiger partial charge in [-0.2, -0.15) is 0 Å². The van der Waals surface area contributed by atoms with Crippen molar-refractivity contribution in [3.05, 3.63) is 58.4 Å². The first-order chi connectivity index (χ1) is 9.15. The fraction of sp³-hybridized carbons (Fsp3) is 0.143. The van der Waals surface area contributed by atoms with E-state index in [0.717, 1.165) is 16.6 Å². The van der Waals surface area contributed by atoms with E-state index in [1.807, 2.05) is 23.8 Å². The van der Waals surface area contributed by atoms with Gasteiger partial charge in [-0.1, -0.05) is 0 Å². The molecule has 0 atom stereocenters. The number of H-pyrrole nitrogens is 1. The van der Waals surface area contributed by atoms with E-state index in [2.05, 4.69) is 9.97 Å². The lowest BCUT2D eigenvalue weighted by Gasteiger charge is -2.07. The molecular formula is C14H12FN3S. The van der Waals surface area contributed by atoms with Crippen molar-refractivity contribution in [3.63, 3.8) is 0 Å². The molecule has 0 spiro atoms. The zero-order chi connectivity index (χ0) is 13.4. The van der Waals surface area contributed by atoms with Gasteiger partial charge in [-0.15, -0.1) is 0 Å². The van der Waals surface area contributed by atoms with Gasteiger partial charge < -0.3 is 9.55 Å². The number of pyridine rings is 1. The van der Waals surface area contributed by atoms with Gasteiger partial charge in [-0.25, -0.2) is 4.39 Å². The molecule has 2 heterocycles. The smallest absolute Gasteiger partial charge is 0.178 e. The molecule has 1 N–H and O–H groups in total. The first-order valence-corrected chi connectivity index (χ1v) is 6.33. The second-order valence-corrected chi connectivity index (χ2v) is 4.87. The summed E-state index contributed by atoms with van der Waals surface area (Å²) in [4.78, 5) is 7.16. The highest BCUT2D eigenvalue weighted by atomic mass is 32.1. The molecule has 0 aliphatic heterocycles. The summed E-state index contributed by atoms with van der Waals surface area (Å²) in [6.45, 7) is 2.67. The van der Waals surface area contributed by atoms with E-state index in [9.17, 15) is 4.39 Å². The molecule has 1 aromatic carbocycles. The van der Waals surface area contributed by atoms with Crippen LogP contribution in [0.4, 0.5) is 4.39 Å². The predicted molar refractivity (Wildman–Crippen MR) is 75.2 cm³/mol. The number of hydrogen-bond acceptors (Lipinski definition) is 2. The van der Waals surface area contributed by atoms with Gasteiger partial charge in [0.05, 0.1) is 17.6 Å². The van der Waals surface area contributed by atoms with Crippen molar-refractivity contribution in [2.75, 3.05) is 0 Å². The largest absolute Gasteiger partial charge is 0.330 e. The van der Waals surface area contributed by atoms with Crippen molar-refractivity contribution < 1.29 is 4.39 Å². The van der Waals surface area contributed by atoms with Gasteiger partial charge in [0.15, 0.2) is 4.77 Å². The minimum Gasteiger partial charge on any atom is -0.330 e. The van der Waals surface area contributed by atoms with Crippen LogP contribution < -0.4 is 0 Å². The van der Waals surface area contributed by atoms with Crippen LogP contribution in [0.15, 0.2) is 36.7 Å². The molecule has 0 aliphatic rings. The highest BCUT2D eigenvalue weighted by molar-refractivity contribution is 7.71. The number of aromatic nitrogens is 3. The Balaban J connectivity index is 2.13. The number of rotatable bonds is 2. The Bertz CT molecular complexity index is 804. The van der Waals surface area contributed by atoms with E-state index in [4.69, 9.17) is 12.2 Å². The normalized spacial score (nSPS) is 11.1. The fourth-order valence-electron chi connectivity index (χ4n) is 2.13. The Morgan fingerprint density at radius 1 is 1.37 bits per heavy atom. The average molecular weight is 273 g/mol. The van der Waals surface area contributed by atoms with Crippen LogP contribution in [0, 0.1) is 17.5 Å². The third kappa shape index (κ3) is 2.17. The van der Waals surface area contributed by atoms with E-state index in [1.54, 1.807) is 12.3 Å². The van der Waals surface area contributed by atoms with Gasteiger partial charge in [0.2, 0.25) is 0 Å². The van der Waals surface area contributed by atoms with E-state index >= 15 is 0 Å². The molecule has 96 valence electrons. The molecule has 0 unspecified atom stereocenters. The predicted octanol–water partition coefficient (Wildman–Crippen LogP) is 3.59. The molecule has 3 rings (SSSR count). The highest BCUT2D eigenvalue weighted by Gasteiger charge is 2.07. The maximum atomic E-state index is 13.2. The van der Waals surface area contributed by atoms with Crippen LogP contribution in [0.2, 0.25) is 0 Å². The topological polar surface area (TPSA) is 33.6 Å². The molecule has 3 aromatic rings. The lowest BCUT2D eigenvalue weighted by Crippen LogP contribution is -2.02. The van der Waals surface area contributed by atoms with Crippen LogP contribution in [0.5, 0.6) is 0 Å². The summed E-state index contributed by atoms with van der Waals surface area (Å²) in [5, 5.41) is 0. The Labute approximate surface area is 114 Å². The highest BCUT2D eigenvalue weighted by Crippen LogP contribution is 2.18. The molecule has 2 aromatic heterocycles. The van der Waals surface area contributed by atoms with Crippen molar-refractivity contribution in [1.29, 1.82) is 0 Å². The molecule has 0 fully saturated rings. The molecule has 0 radical (unpaired) electrons. The van der Waals surface area contributed by atoms with E-state index in [-0.39, 0.29) is 5.82 Å². The van der Waals surface area contributed by atoms with E-state index in [1.165, 1.54) is 12.1 Å². The Morgan fingerprint density at radius 2 is 2.21 bits per heavy atom. The molecule has 5 heteroatoms. The second-order valence-electron chi connectivity index (χ2n) is 4.48. The zero-order valence-electron chi connectivity index (χ0n) is 10.4. The molecule has 0 aliphatic carbocycles. The number of aryl methyl sites for hydroxylation is 1. The van der Waals surface area contributed by atoms with Crippen molar-refractivity contribution >= 4 is 23.3 Å². The van der Waals surface area contributed by atoms with Gasteiger partial charge in [-0.05, 0) is 54.5 Å². The SMILES string of the molecule is Cc1ccncc1Cn1c(=S)[nH]c2cc(F)ccc21. The summed E-state index contributed by atoms with van der Waals surface area (Å²) in [6.07, 6.45) is 3.60. The van der Waals surface area contributed by atoms with Gasteiger partial charge in [0.1, 0.15) is 5.82 Å². The van der Waals surface area contributed by atoms with Crippen LogP contribution in [0.25, 0.3) is 11.0 Å². The first kappa shape index (κ1) is 12.0. The Hall–Kier alpha value is -2.01. The minimum atomic E-state index is -0.270. The maximum Gasteiger partial charge on any atom is 0.178 e. The molecule has 0 bridgehead atoms. The van der Waals surface area contributed by atoms with Crippen molar-refractivity contribution in [1.82, 2.24) is 14.5 Å². The summed E-state index contributed by atoms with van der Waals surface area (Å²) in [5.74, 6) is -0.270. The number of aromatic amines is 1. The van der Waals surface area contributed by atoms with Gasteiger partial charge in [0, 0.05) is 12.4 Å². The van der Waals surface area contributed by atoms with Gasteiger partial charge >= 0.3 is 0 Å². The molecular weight excluding hydrogens is 261 g/mol. The van der Waals surface area contributed by atoms with Gasteiger partial charge in [-0.3, -0.25) is 4.98 Å². The number of nitrogens with one attached hydrogen (secondary N) is 1. The van der Waals surface area contributed by atoms with Crippen LogP contribution in [-0.2, 0) is 6.54 Å². The Morgan fingerprint density at radius 3 is 3.00 bits per heavy atom. The molecule has 19 heavy (non-hydrogen) atoms. The number of halogens is 1. The minimum absolute atomic E-state index is 0.270. The fourth-order valence-corrected chi connectivity index (χ4v) is 2.40. The standard InChI is InChI=1S/C14H12FN3S/c1-9-4-5-16-7-10(9)8-18-13-3-2-11(15)6-12(13)17-14(18)19/h2-7H,8H2,1H3,(H,17,19). The summed E-state index contributed by atoms with van der Waals surface area (Å²) in [5.41, 5.74) is 3.87. The molecule has 0 saturated heterocycles. The van der Waals surface area contributed by atoms with Crippen LogP contribution in [0.3, 0.4) is 0 Å². The van der Waals surface area contributed by atoms with Crippen molar-refractivity contribution in [3.8, 4) is 0 Å². The number of fused-ring (bicyclic) bond motifs is 1. The van der Waals surface area contributed by atoms with Crippen LogP contribution in [0.1, 0.15) is 11.1 Å². The summed E-state index contributed by atoms with van der Waals surface area (Å²) in [7, 11) is 0. The monoisotopic (exact) mass is 273 g/mol. The molecule has 3 nitrogen and oxygen atoms in total. The Kier molecular flexibility index (Phi) is 2.91. The van der Waals surface area contributed by atoms with E-state index < -0.39 is 0 Å². The van der Waals surface area contributed by atoms with Gasteiger partial charge in [0.25, 0.3) is 0 Å². The molecule has 0 amide bonds. The van der Waals surface area contributed by atoms with Crippen molar-refractivity contribution in [2.24, 2.45) is 0 Å². The van der Waals surface area contributed by atoms with Crippen LogP contribution in [-0.4, -0.2) is 14.5 Å². The quantitative estimate of drug-likeness (QED) is 0.724. The third-order valence-electron chi connectivity index (χ3n) is 3.21. The summed E-state index contributed by atoms with van der Waals surface area (Å²) >= 11 is 5.30. The number of nitrogens with zero attached hydrogens (tertiary/aromatic N) is 2. The van der Waals surface area contributed by atoms with Crippen LogP contribution >= 0.6 is 12.2 Å². The summed E-state index contributed by atoms with van der Waals surface area (Å²) in [6, 6.07) is 6.60. The first-order valence-electron chi connectivity index (χ1n) is 5.93. The summed E-state index contributed by atoms with van der Waals surface area (Å²) < 4.78 is 15.7. The van der Waals surface area contributed by atoms with Crippen molar-refractivity contribution in [2.45, 2.75) is 13.5 Å². The lowest BCUT2D eigenvalue weighted by molar-refractivity contribution is 0.629.